The van der Waals surface area contributed by atoms with Gasteiger partial charge in [-0.05, 0) is 36.7 Å². The van der Waals surface area contributed by atoms with Gasteiger partial charge in [-0.25, -0.2) is 4.79 Å². The molecule has 2 fully saturated rings. The second kappa shape index (κ2) is 6.62. The number of quaternary nitrogens is 1. The maximum atomic E-state index is 12.3. The number of rotatable bonds is 4. The van der Waals surface area contributed by atoms with Gasteiger partial charge in [-0.2, -0.15) is 0 Å². The maximum Gasteiger partial charge on any atom is 0.335 e. The Labute approximate surface area is 138 Å². The zero-order valence-electron chi connectivity index (χ0n) is 14.1. The first-order valence-corrected chi connectivity index (χ1v) is 8.70. The minimum Gasteiger partial charge on any atom is -0.454 e. The van der Waals surface area contributed by atoms with Crippen molar-refractivity contribution in [1.82, 2.24) is 0 Å². The molecule has 0 spiro atoms. The smallest absolute Gasteiger partial charge is 0.335 e. The van der Waals surface area contributed by atoms with E-state index in [1.54, 1.807) is 0 Å². The van der Waals surface area contributed by atoms with Crippen LogP contribution in [0.3, 0.4) is 0 Å². The quantitative estimate of drug-likeness (QED) is 0.684. The molecule has 1 aliphatic carbocycles. The van der Waals surface area contributed by atoms with Crippen LogP contribution in [0.1, 0.15) is 37.2 Å². The van der Waals surface area contributed by atoms with Gasteiger partial charge in [0.2, 0.25) is 0 Å². The molecule has 4 heteroatoms. The van der Waals surface area contributed by atoms with E-state index in [-0.39, 0.29) is 12.0 Å². The number of esters is 1. The summed E-state index contributed by atoms with van der Waals surface area (Å²) in [4.78, 5) is 12.3. The standard InChI is InChI=1S/C19H28NO3/c1-20(2)11-10-17(13-20)23-19(22)18(21)16-9-8-15(12-16)14-6-4-3-5-7-14/h3-7,15-18,21H,8-13H2,1-2H3/q+1. The van der Waals surface area contributed by atoms with Crippen molar-refractivity contribution in [2.24, 2.45) is 5.92 Å². The molecule has 1 aromatic carbocycles. The third-order valence-electron chi connectivity index (χ3n) is 5.47. The van der Waals surface area contributed by atoms with Gasteiger partial charge in [0.15, 0.2) is 12.2 Å². The van der Waals surface area contributed by atoms with Crippen molar-refractivity contribution in [2.75, 3.05) is 27.2 Å². The Balaban J connectivity index is 1.52. The van der Waals surface area contributed by atoms with Crippen LogP contribution in [-0.2, 0) is 9.53 Å². The molecule has 0 amide bonds. The average molecular weight is 318 g/mol. The number of hydrogen-bond acceptors (Lipinski definition) is 3. The molecular weight excluding hydrogens is 290 g/mol. The molecule has 0 bridgehead atoms. The van der Waals surface area contributed by atoms with E-state index < -0.39 is 12.1 Å². The van der Waals surface area contributed by atoms with Gasteiger partial charge in [-0.1, -0.05) is 30.3 Å². The van der Waals surface area contributed by atoms with Gasteiger partial charge in [-0.3, -0.25) is 0 Å². The molecule has 1 saturated carbocycles. The van der Waals surface area contributed by atoms with Gasteiger partial charge in [0, 0.05) is 6.42 Å². The molecular formula is C19H28NO3+. The van der Waals surface area contributed by atoms with Crippen molar-refractivity contribution in [3.63, 3.8) is 0 Å². The largest absolute Gasteiger partial charge is 0.454 e. The van der Waals surface area contributed by atoms with E-state index in [9.17, 15) is 9.90 Å². The fourth-order valence-electron chi connectivity index (χ4n) is 4.08. The predicted octanol–water partition coefficient (Wildman–Crippen LogP) is 2.32. The van der Waals surface area contributed by atoms with E-state index in [1.807, 2.05) is 18.2 Å². The number of benzene rings is 1. The van der Waals surface area contributed by atoms with Crippen LogP contribution in [0.5, 0.6) is 0 Å². The molecule has 23 heavy (non-hydrogen) atoms. The van der Waals surface area contributed by atoms with E-state index in [4.69, 9.17) is 4.74 Å². The molecule has 0 radical (unpaired) electrons. The van der Waals surface area contributed by atoms with Crippen molar-refractivity contribution < 1.29 is 19.1 Å². The lowest BCUT2D eigenvalue weighted by Gasteiger charge is -2.23. The molecule has 2 aliphatic rings. The summed E-state index contributed by atoms with van der Waals surface area (Å²) < 4.78 is 6.44. The number of likely N-dealkylation sites (N-methyl/N-ethyl adjacent to an activating group) is 1. The minimum atomic E-state index is -0.972. The minimum absolute atomic E-state index is 0.0246. The number of hydrogen-bond donors (Lipinski definition) is 1. The number of aliphatic hydroxyl groups is 1. The van der Waals surface area contributed by atoms with E-state index in [0.29, 0.717) is 5.92 Å². The summed E-state index contributed by atoms with van der Waals surface area (Å²) >= 11 is 0. The van der Waals surface area contributed by atoms with Crippen LogP contribution in [0.4, 0.5) is 0 Å². The highest BCUT2D eigenvalue weighted by atomic mass is 16.6. The van der Waals surface area contributed by atoms with Crippen molar-refractivity contribution in [1.29, 1.82) is 0 Å². The summed E-state index contributed by atoms with van der Waals surface area (Å²) in [7, 11) is 4.29. The third kappa shape index (κ3) is 3.93. The second-order valence-corrected chi connectivity index (χ2v) is 7.82. The van der Waals surface area contributed by atoms with Gasteiger partial charge in [0.05, 0.1) is 20.6 Å². The van der Waals surface area contributed by atoms with E-state index >= 15 is 0 Å². The Hall–Kier alpha value is -1.39. The number of likely N-dealkylation sites (tertiary alicyclic amines) is 1. The topological polar surface area (TPSA) is 46.5 Å². The number of carbonyl (C=O) groups excluding carboxylic acids is 1. The predicted molar refractivity (Wildman–Crippen MR) is 88.9 cm³/mol. The van der Waals surface area contributed by atoms with Gasteiger partial charge in [0.1, 0.15) is 6.54 Å². The molecule has 4 unspecified atom stereocenters. The monoisotopic (exact) mass is 318 g/mol. The second-order valence-electron chi connectivity index (χ2n) is 7.82. The summed E-state index contributed by atoms with van der Waals surface area (Å²) in [6, 6.07) is 10.4. The van der Waals surface area contributed by atoms with Crippen LogP contribution in [0.25, 0.3) is 0 Å². The zero-order chi connectivity index (χ0) is 16.4. The van der Waals surface area contributed by atoms with E-state index in [2.05, 4.69) is 26.2 Å². The molecule has 4 atom stereocenters. The van der Waals surface area contributed by atoms with Gasteiger partial charge in [-0.15, -0.1) is 0 Å². The van der Waals surface area contributed by atoms with Crippen LogP contribution < -0.4 is 0 Å². The Morgan fingerprint density at radius 1 is 1.22 bits per heavy atom. The van der Waals surface area contributed by atoms with Crippen LogP contribution in [0.2, 0.25) is 0 Å². The first kappa shape index (κ1) is 16.5. The number of nitrogens with zero attached hydrogens (tertiary/aromatic N) is 1. The lowest BCUT2D eigenvalue weighted by molar-refractivity contribution is -0.879. The zero-order valence-corrected chi connectivity index (χ0v) is 14.1. The summed E-state index contributed by atoms with van der Waals surface area (Å²) in [6.45, 7) is 1.86. The van der Waals surface area contributed by atoms with E-state index in [1.165, 1.54) is 5.56 Å². The highest BCUT2D eigenvalue weighted by molar-refractivity contribution is 5.75. The molecule has 1 aromatic rings. The summed E-state index contributed by atoms with van der Waals surface area (Å²) in [5, 5.41) is 10.4. The Bertz CT molecular complexity index is 543. The fourth-order valence-corrected chi connectivity index (χ4v) is 4.08. The summed E-state index contributed by atoms with van der Waals surface area (Å²) in [5.41, 5.74) is 1.31. The normalized spacial score (nSPS) is 31.0. The van der Waals surface area contributed by atoms with Crippen LogP contribution in [0, 0.1) is 5.92 Å². The fraction of sp³-hybridized carbons (Fsp3) is 0.632. The summed E-state index contributed by atoms with van der Waals surface area (Å²) in [6.07, 6.45) is 2.67. The van der Waals surface area contributed by atoms with Crippen molar-refractivity contribution in [3.05, 3.63) is 35.9 Å². The summed E-state index contributed by atoms with van der Waals surface area (Å²) in [5.74, 6) is 0.0537. The van der Waals surface area contributed by atoms with Gasteiger partial charge >= 0.3 is 5.97 Å². The number of ether oxygens (including phenoxy) is 1. The van der Waals surface area contributed by atoms with Gasteiger partial charge in [0.25, 0.3) is 0 Å². The number of aliphatic hydroxyl groups excluding tert-OH is 1. The lowest BCUT2D eigenvalue weighted by Crippen LogP contribution is -2.39. The molecule has 1 saturated heterocycles. The molecule has 4 nitrogen and oxygen atoms in total. The van der Waals surface area contributed by atoms with Crippen molar-refractivity contribution >= 4 is 5.97 Å². The lowest BCUT2D eigenvalue weighted by atomic mass is 9.94. The van der Waals surface area contributed by atoms with Crippen LogP contribution in [0.15, 0.2) is 30.3 Å². The SMILES string of the molecule is C[N+]1(C)CCC(OC(=O)C(O)C2CCC(c3ccccc3)C2)C1. The van der Waals surface area contributed by atoms with Crippen molar-refractivity contribution in [2.45, 2.75) is 43.8 Å². The molecule has 3 rings (SSSR count). The average Bonchev–Trinajstić information content (AvgIpc) is 3.14. The molecule has 1 N–H and O–H groups in total. The van der Waals surface area contributed by atoms with E-state index in [0.717, 1.165) is 43.3 Å². The third-order valence-corrected chi connectivity index (χ3v) is 5.47. The molecule has 126 valence electrons. The van der Waals surface area contributed by atoms with Crippen molar-refractivity contribution in [3.8, 4) is 0 Å². The molecule has 0 aromatic heterocycles. The first-order chi connectivity index (χ1) is 10.9. The molecule has 1 aliphatic heterocycles. The number of carbonyl (C=O) groups is 1. The van der Waals surface area contributed by atoms with Gasteiger partial charge < -0.3 is 14.3 Å². The highest BCUT2D eigenvalue weighted by Crippen LogP contribution is 2.40. The Morgan fingerprint density at radius 2 is 1.96 bits per heavy atom. The Morgan fingerprint density at radius 3 is 2.61 bits per heavy atom. The highest BCUT2D eigenvalue weighted by Gasteiger charge is 2.38. The van der Waals surface area contributed by atoms with Crippen LogP contribution in [-0.4, -0.2) is 55.0 Å². The first-order valence-electron chi connectivity index (χ1n) is 8.70. The maximum absolute atomic E-state index is 12.3. The van der Waals surface area contributed by atoms with Crippen LogP contribution >= 0.6 is 0 Å². The Kier molecular flexibility index (Phi) is 4.74. The molecule has 1 heterocycles.